The van der Waals surface area contributed by atoms with Crippen LogP contribution < -0.4 is 10.6 Å². The van der Waals surface area contributed by atoms with Crippen LogP contribution in [0.15, 0.2) is 12.5 Å². The van der Waals surface area contributed by atoms with Gasteiger partial charge in [-0.1, -0.05) is 20.3 Å². The molecular weight excluding hydrogens is 430 g/mol. The third-order valence-electron chi connectivity index (χ3n) is 5.86. The fourth-order valence-corrected chi connectivity index (χ4v) is 4.02. The molecule has 0 bridgehead atoms. The maximum atomic E-state index is 12.7. The van der Waals surface area contributed by atoms with Gasteiger partial charge in [0.05, 0.1) is 19.3 Å². The molecular formula is C22H37N5O4S. The molecule has 10 heteroatoms. The number of carboxylic acid groups (broad SMARTS) is 1. The number of aliphatic carboxylic acids is 1. The second-order valence-corrected chi connectivity index (χ2v) is 9.68. The first kappa shape index (κ1) is 26.2. The number of aromatic nitrogens is 2. The number of hydrogen-bond acceptors (Lipinski definition) is 6. The van der Waals surface area contributed by atoms with Crippen molar-refractivity contribution in [1.29, 1.82) is 0 Å². The van der Waals surface area contributed by atoms with Crippen LogP contribution in [0, 0.1) is 11.8 Å². The molecule has 0 saturated heterocycles. The highest BCUT2D eigenvalue weighted by Gasteiger charge is 2.29. The Balaban J connectivity index is 1.98. The van der Waals surface area contributed by atoms with E-state index >= 15 is 0 Å². The van der Waals surface area contributed by atoms with Gasteiger partial charge in [0.2, 0.25) is 11.8 Å². The van der Waals surface area contributed by atoms with E-state index in [9.17, 15) is 19.5 Å². The van der Waals surface area contributed by atoms with E-state index in [1.165, 1.54) is 0 Å². The van der Waals surface area contributed by atoms with Crippen molar-refractivity contribution in [3.05, 3.63) is 18.2 Å². The van der Waals surface area contributed by atoms with Crippen molar-refractivity contribution < 1.29 is 19.5 Å². The van der Waals surface area contributed by atoms with Crippen molar-refractivity contribution in [1.82, 2.24) is 25.5 Å². The van der Waals surface area contributed by atoms with Crippen LogP contribution in [0.25, 0.3) is 0 Å². The normalized spacial score (nSPS) is 16.4. The van der Waals surface area contributed by atoms with Gasteiger partial charge in [0.1, 0.15) is 6.04 Å². The third kappa shape index (κ3) is 9.60. The third-order valence-corrected chi connectivity index (χ3v) is 6.51. The number of amides is 2. The van der Waals surface area contributed by atoms with Crippen LogP contribution >= 0.6 is 11.8 Å². The highest BCUT2D eigenvalue weighted by atomic mass is 32.2. The summed E-state index contributed by atoms with van der Waals surface area (Å²) in [6.45, 7) is 5.64. The van der Waals surface area contributed by atoms with Gasteiger partial charge in [0.25, 0.3) is 0 Å². The number of H-pyrrole nitrogens is 1. The average molecular weight is 468 g/mol. The predicted molar refractivity (Wildman–Crippen MR) is 125 cm³/mol. The number of nitrogens with one attached hydrogen (secondary N) is 3. The van der Waals surface area contributed by atoms with Gasteiger partial charge in [-0.05, 0) is 43.1 Å². The van der Waals surface area contributed by atoms with E-state index in [4.69, 9.17) is 0 Å². The SMILES string of the molecule is CCC(C)C(CN(CC(=O)NC(CCSC)C(=O)O)CC1CC1)NC(=O)Cc1cnc[nH]1. The van der Waals surface area contributed by atoms with Gasteiger partial charge in [-0.3, -0.25) is 14.5 Å². The van der Waals surface area contributed by atoms with Gasteiger partial charge in [0, 0.05) is 31.0 Å². The quantitative estimate of drug-likeness (QED) is 0.290. The van der Waals surface area contributed by atoms with Gasteiger partial charge in [-0.2, -0.15) is 11.8 Å². The van der Waals surface area contributed by atoms with Crippen molar-refractivity contribution in [2.45, 2.75) is 58.0 Å². The van der Waals surface area contributed by atoms with E-state index < -0.39 is 12.0 Å². The molecule has 1 fully saturated rings. The number of aromatic amines is 1. The number of carboxylic acids is 1. The summed E-state index contributed by atoms with van der Waals surface area (Å²) in [4.78, 5) is 45.7. The molecule has 3 atom stereocenters. The molecule has 0 aliphatic heterocycles. The lowest BCUT2D eigenvalue weighted by Gasteiger charge is -2.31. The Labute approximate surface area is 194 Å². The number of carbonyl (C=O) groups excluding carboxylic acids is 2. The summed E-state index contributed by atoms with van der Waals surface area (Å²) in [6, 6.07) is -0.981. The van der Waals surface area contributed by atoms with Crippen LogP contribution in [0.4, 0.5) is 0 Å². The molecule has 1 heterocycles. The van der Waals surface area contributed by atoms with Crippen molar-refractivity contribution in [2.24, 2.45) is 11.8 Å². The van der Waals surface area contributed by atoms with Crippen LogP contribution in [0.1, 0.15) is 45.2 Å². The number of nitrogens with zero attached hydrogens (tertiary/aromatic N) is 2. The highest BCUT2D eigenvalue weighted by molar-refractivity contribution is 7.98. The fourth-order valence-electron chi connectivity index (χ4n) is 3.55. The molecule has 2 rings (SSSR count). The first-order chi connectivity index (χ1) is 15.3. The van der Waals surface area contributed by atoms with Gasteiger partial charge in [-0.15, -0.1) is 0 Å². The molecule has 4 N–H and O–H groups in total. The summed E-state index contributed by atoms with van der Waals surface area (Å²) in [5.41, 5.74) is 0.754. The van der Waals surface area contributed by atoms with Crippen LogP contribution in [-0.4, -0.2) is 81.5 Å². The van der Waals surface area contributed by atoms with Gasteiger partial charge in [-0.25, -0.2) is 9.78 Å². The van der Waals surface area contributed by atoms with Crippen LogP contribution in [0.3, 0.4) is 0 Å². The lowest BCUT2D eigenvalue weighted by Crippen LogP contribution is -2.51. The molecule has 2 amide bonds. The Morgan fingerprint density at radius 2 is 2.06 bits per heavy atom. The summed E-state index contributed by atoms with van der Waals surface area (Å²) in [5, 5.41) is 15.2. The smallest absolute Gasteiger partial charge is 0.326 e. The van der Waals surface area contributed by atoms with Crippen LogP contribution in [0.5, 0.6) is 0 Å². The second kappa shape index (κ2) is 13.5. The van der Waals surface area contributed by atoms with E-state index in [1.807, 2.05) is 6.26 Å². The number of imidazole rings is 1. The standard InChI is InChI=1S/C22H37N5O4S/c1-4-15(2)19(26-20(28)9-17-10-23-14-24-17)12-27(11-16-5-6-16)13-21(29)25-18(22(30)31)7-8-32-3/h10,14-16,18-19H,4-9,11-13H2,1-3H3,(H,23,24)(H,25,29)(H,26,28)(H,30,31). The molecule has 0 spiro atoms. The number of carbonyl (C=O) groups is 3. The molecule has 3 unspecified atom stereocenters. The summed E-state index contributed by atoms with van der Waals surface area (Å²) < 4.78 is 0. The van der Waals surface area contributed by atoms with Crippen molar-refractivity contribution in [2.75, 3.05) is 31.6 Å². The van der Waals surface area contributed by atoms with Gasteiger partial charge >= 0.3 is 5.97 Å². The number of rotatable bonds is 16. The van der Waals surface area contributed by atoms with Gasteiger partial charge in [0.15, 0.2) is 0 Å². The lowest BCUT2D eigenvalue weighted by molar-refractivity contribution is -0.142. The van der Waals surface area contributed by atoms with E-state index in [-0.39, 0.29) is 36.7 Å². The van der Waals surface area contributed by atoms with Gasteiger partial charge < -0.3 is 20.7 Å². The topological polar surface area (TPSA) is 127 Å². The monoisotopic (exact) mass is 467 g/mol. The Morgan fingerprint density at radius 3 is 2.62 bits per heavy atom. The maximum absolute atomic E-state index is 12.7. The summed E-state index contributed by atoms with van der Waals surface area (Å²) >= 11 is 1.55. The minimum absolute atomic E-state index is 0.0848. The Hall–Kier alpha value is -2.07. The summed E-state index contributed by atoms with van der Waals surface area (Å²) in [7, 11) is 0. The van der Waals surface area contributed by atoms with E-state index in [0.717, 1.165) is 31.5 Å². The zero-order valence-electron chi connectivity index (χ0n) is 19.3. The summed E-state index contributed by atoms with van der Waals surface area (Å²) in [5.74, 6) is 0.0853. The fraction of sp³-hybridized carbons (Fsp3) is 0.727. The van der Waals surface area contributed by atoms with Crippen LogP contribution in [-0.2, 0) is 20.8 Å². The molecule has 1 aliphatic rings. The van der Waals surface area contributed by atoms with E-state index in [1.54, 1.807) is 24.3 Å². The molecule has 1 aromatic rings. The molecule has 9 nitrogen and oxygen atoms in total. The molecule has 0 radical (unpaired) electrons. The van der Waals surface area contributed by atoms with Crippen molar-refractivity contribution in [3.63, 3.8) is 0 Å². The second-order valence-electron chi connectivity index (χ2n) is 8.69. The van der Waals surface area contributed by atoms with Crippen LogP contribution in [0.2, 0.25) is 0 Å². The number of hydrogen-bond donors (Lipinski definition) is 4. The van der Waals surface area contributed by atoms with Crippen molar-refractivity contribution >= 4 is 29.5 Å². The predicted octanol–water partition coefficient (Wildman–Crippen LogP) is 1.52. The Bertz CT molecular complexity index is 726. The molecule has 1 aromatic heterocycles. The van der Waals surface area contributed by atoms with E-state index in [0.29, 0.717) is 24.6 Å². The largest absolute Gasteiger partial charge is 0.480 e. The van der Waals surface area contributed by atoms with Crippen molar-refractivity contribution in [3.8, 4) is 0 Å². The Morgan fingerprint density at radius 1 is 1.31 bits per heavy atom. The van der Waals surface area contributed by atoms with E-state index in [2.05, 4.69) is 39.3 Å². The first-order valence-electron chi connectivity index (χ1n) is 11.3. The number of thioether (sulfide) groups is 1. The first-order valence-corrected chi connectivity index (χ1v) is 12.7. The summed E-state index contributed by atoms with van der Waals surface area (Å²) in [6.07, 6.45) is 8.90. The zero-order valence-corrected chi connectivity index (χ0v) is 20.1. The molecule has 180 valence electrons. The average Bonchev–Trinajstić information content (AvgIpc) is 3.41. The molecule has 32 heavy (non-hydrogen) atoms. The molecule has 1 aliphatic carbocycles. The minimum atomic E-state index is -1.01. The minimum Gasteiger partial charge on any atom is -0.480 e. The zero-order chi connectivity index (χ0) is 23.5. The maximum Gasteiger partial charge on any atom is 0.326 e. The lowest BCUT2D eigenvalue weighted by atomic mass is 9.98. The molecule has 1 saturated carbocycles. The molecule has 0 aromatic carbocycles. The highest BCUT2D eigenvalue weighted by Crippen LogP contribution is 2.30. The Kier molecular flexibility index (Phi) is 11.0.